The van der Waals surface area contributed by atoms with E-state index in [1.165, 1.54) is 11.1 Å². The number of carbonyl (C=O) groups excluding carboxylic acids is 1. The van der Waals surface area contributed by atoms with Crippen molar-refractivity contribution in [2.75, 3.05) is 12.3 Å². The van der Waals surface area contributed by atoms with Gasteiger partial charge in [0.25, 0.3) is 5.91 Å². The Bertz CT molecular complexity index is 687. The van der Waals surface area contributed by atoms with E-state index in [9.17, 15) is 4.79 Å². The van der Waals surface area contributed by atoms with Gasteiger partial charge in [-0.1, -0.05) is 48.9 Å². The summed E-state index contributed by atoms with van der Waals surface area (Å²) in [7, 11) is 0. The molecule has 1 N–H and O–H groups in total. The van der Waals surface area contributed by atoms with Gasteiger partial charge in [0.2, 0.25) is 0 Å². The van der Waals surface area contributed by atoms with Crippen LogP contribution in [0.15, 0.2) is 48.5 Å². The van der Waals surface area contributed by atoms with E-state index in [2.05, 4.69) is 36.5 Å². The zero-order valence-corrected chi connectivity index (χ0v) is 16.1. The number of nitrogens with one attached hydrogen (secondary N) is 1. The lowest BCUT2D eigenvalue weighted by atomic mass is 10.2. The molecule has 0 aliphatic carbocycles. The third-order valence-corrected chi connectivity index (χ3v) is 4.86. The van der Waals surface area contributed by atoms with Gasteiger partial charge in [-0.25, -0.2) is 0 Å². The first kappa shape index (κ1) is 19.4. The van der Waals surface area contributed by atoms with Gasteiger partial charge in [0, 0.05) is 18.1 Å². The minimum atomic E-state index is -0.441. The monoisotopic (exact) mass is 357 g/mol. The van der Waals surface area contributed by atoms with Crippen LogP contribution in [-0.2, 0) is 10.5 Å². The molecular weight excluding hydrogens is 330 g/mol. The zero-order valence-electron chi connectivity index (χ0n) is 15.2. The van der Waals surface area contributed by atoms with Crippen molar-refractivity contribution in [2.45, 2.75) is 39.0 Å². The second-order valence-electron chi connectivity index (χ2n) is 6.16. The normalized spacial score (nSPS) is 11.8. The van der Waals surface area contributed by atoms with Crippen LogP contribution >= 0.6 is 11.8 Å². The van der Waals surface area contributed by atoms with Crippen LogP contribution in [-0.4, -0.2) is 24.3 Å². The van der Waals surface area contributed by atoms with Crippen LogP contribution in [0.3, 0.4) is 0 Å². The van der Waals surface area contributed by atoms with Crippen molar-refractivity contribution in [1.82, 2.24) is 5.32 Å². The summed E-state index contributed by atoms with van der Waals surface area (Å²) in [6.07, 6.45) is 0.208. The quantitative estimate of drug-likeness (QED) is 0.671. The van der Waals surface area contributed by atoms with E-state index in [0.717, 1.165) is 22.8 Å². The molecule has 0 aromatic heterocycles. The minimum absolute atomic E-state index is 0.0415. The number of hydrogen-bond donors (Lipinski definition) is 1. The number of carbonyl (C=O) groups is 1. The average molecular weight is 358 g/mol. The molecule has 3 nitrogen and oxygen atoms in total. The van der Waals surface area contributed by atoms with Crippen molar-refractivity contribution >= 4 is 17.7 Å². The van der Waals surface area contributed by atoms with Gasteiger partial charge in [-0.3, -0.25) is 4.79 Å². The Morgan fingerprint density at radius 3 is 2.52 bits per heavy atom. The van der Waals surface area contributed by atoms with E-state index >= 15 is 0 Å². The molecule has 0 heterocycles. The van der Waals surface area contributed by atoms with E-state index in [1.807, 2.05) is 49.9 Å². The topological polar surface area (TPSA) is 38.3 Å². The fraction of sp³-hybridized carbons (Fsp3) is 0.381. The van der Waals surface area contributed by atoms with Gasteiger partial charge in [0.15, 0.2) is 6.10 Å². The van der Waals surface area contributed by atoms with Crippen LogP contribution in [0.4, 0.5) is 0 Å². The lowest BCUT2D eigenvalue weighted by Crippen LogP contribution is -2.39. The minimum Gasteiger partial charge on any atom is -0.481 e. The molecule has 1 atom stereocenters. The number of amides is 1. The van der Waals surface area contributed by atoms with Crippen molar-refractivity contribution in [3.8, 4) is 5.75 Å². The highest BCUT2D eigenvalue weighted by Crippen LogP contribution is 2.16. The molecule has 0 aliphatic heterocycles. The highest BCUT2D eigenvalue weighted by molar-refractivity contribution is 7.98. The number of benzene rings is 2. The van der Waals surface area contributed by atoms with Crippen LogP contribution in [0, 0.1) is 13.8 Å². The summed E-state index contributed by atoms with van der Waals surface area (Å²) in [5, 5.41) is 2.98. The third kappa shape index (κ3) is 6.83. The lowest BCUT2D eigenvalue weighted by molar-refractivity contribution is -0.127. The van der Waals surface area contributed by atoms with Gasteiger partial charge < -0.3 is 10.1 Å². The first-order valence-corrected chi connectivity index (χ1v) is 9.88. The number of ether oxygens (including phenoxy) is 1. The molecule has 0 saturated carbocycles. The molecule has 0 bridgehead atoms. The molecule has 134 valence electrons. The molecule has 0 spiro atoms. The molecule has 0 aliphatic rings. The van der Waals surface area contributed by atoms with Gasteiger partial charge in [-0.2, -0.15) is 11.8 Å². The summed E-state index contributed by atoms with van der Waals surface area (Å²) >= 11 is 1.83. The SMILES string of the molecule is CC[C@H](Oc1cccc(C)c1)C(=O)NCCSCc1cccc(C)c1. The van der Waals surface area contributed by atoms with Crippen LogP contribution in [0.25, 0.3) is 0 Å². The molecule has 2 aromatic rings. The highest BCUT2D eigenvalue weighted by atomic mass is 32.2. The lowest BCUT2D eigenvalue weighted by Gasteiger charge is -2.17. The maximum atomic E-state index is 12.3. The van der Waals surface area contributed by atoms with Crippen LogP contribution in [0.2, 0.25) is 0 Å². The Morgan fingerprint density at radius 2 is 1.84 bits per heavy atom. The van der Waals surface area contributed by atoms with Crippen LogP contribution in [0.1, 0.15) is 30.0 Å². The first-order chi connectivity index (χ1) is 12.1. The summed E-state index contributed by atoms with van der Waals surface area (Å²) in [5.74, 6) is 2.56. The molecule has 0 unspecified atom stereocenters. The van der Waals surface area contributed by atoms with Crippen molar-refractivity contribution in [3.63, 3.8) is 0 Å². The molecule has 2 rings (SSSR count). The fourth-order valence-electron chi connectivity index (χ4n) is 2.53. The summed E-state index contributed by atoms with van der Waals surface area (Å²) < 4.78 is 5.83. The largest absolute Gasteiger partial charge is 0.481 e. The average Bonchev–Trinajstić information content (AvgIpc) is 2.59. The summed E-state index contributed by atoms with van der Waals surface area (Å²) in [5.41, 5.74) is 3.73. The van der Waals surface area contributed by atoms with E-state index in [-0.39, 0.29) is 5.91 Å². The number of aryl methyl sites for hydroxylation is 2. The van der Waals surface area contributed by atoms with Crippen molar-refractivity contribution in [3.05, 3.63) is 65.2 Å². The Balaban J connectivity index is 1.71. The number of rotatable bonds is 9. The van der Waals surface area contributed by atoms with Gasteiger partial charge >= 0.3 is 0 Å². The van der Waals surface area contributed by atoms with Gasteiger partial charge in [-0.15, -0.1) is 0 Å². The Labute approximate surface area is 155 Å². The first-order valence-electron chi connectivity index (χ1n) is 8.73. The van der Waals surface area contributed by atoms with Gasteiger partial charge in [-0.05, 0) is 43.5 Å². The summed E-state index contributed by atoms with van der Waals surface area (Å²) in [4.78, 5) is 12.3. The van der Waals surface area contributed by atoms with Crippen molar-refractivity contribution in [1.29, 1.82) is 0 Å². The van der Waals surface area contributed by atoms with E-state index in [4.69, 9.17) is 4.74 Å². The molecule has 4 heteroatoms. The standard InChI is InChI=1S/C21H27NO2S/c1-4-20(24-19-10-6-8-17(3)14-19)21(23)22-11-12-25-15-18-9-5-7-16(2)13-18/h5-10,13-14,20H,4,11-12,15H2,1-3H3,(H,22,23)/t20-/m0/s1. The van der Waals surface area contributed by atoms with Gasteiger partial charge in [0.05, 0.1) is 0 Å². The molecule has 0 radical (unpaired) electrons. The fourth-order valence-corrected chi connectivity index (χ4v) is 3.33. The van der Waals surface area contributed by atoms with E-state index in [1.54, 1.807) is 0 Å². The Hall–Kier alpha value is -1.94. The molecule has 0 fully saturated rings. The van der Waals surface area contributed by atoms with E-state index < -0.39 is 6.10 Å². The Morgan fingerprint density at radius 1 is 1.12 bits per heavy atom. The summed E-state index contributed by atoms with van der Waals surface area (Å²) in [6, 6.07) is 16.3. The Kier molecular flexibility index (Phi) is 7.86. The smallest absolute Gasteiger partial charge is 0.261 e. The number of thioether (sulfide) groups is 1. The summed E-state index contributed by atoms with van der Waals surface area (Å²) in [6.45, 7) is 6.74. The predicted molar refractivity (Wildman–Crippen MR) is 106 cm³/mol. The van der Waals surface area contributed by atoms with Crippen molar-refractivity contribution in [2.24, 2.45) is 0 Å². The number of hydrogen-bond acceptors (Lipinski definition) is 3. The molecular formula is C21H27NO2S. The molecule has 1 amide bonds. The third-order valence-electron chi connectivity index (χ3n) is 3.83. The molecule has 0 saturated heterocycles. The maximum absolute atomic E-state index is 12.3. The van der Waals surface area contributed by atoms with E-state index in [0.29, 0.717) is 13.0 Å². The highest BCUT2D eigenvalue weighted by Gasteiger charge is 2.17. The second-order valence-corrected chi connectivity index (χ2v) is 7.27. The van der Waals surface area contributed by atoms with Crippen LogP contribution < -0.4 is 10.1 Å². The van der Waals surface area contributed by atoms with Gasteiger partial charge in [0.1, 0.15) is 5.75 Å². The van der Waals surface area contributed by atoms with Crippen LogP contribution in [0.5, 0.6) is 5.75 Å². The maximum Gasteiger partial charge on any atom is 0.261 e. The van der Waals surface area contributed by atoms with Crippen molar-refractivity contribution < 1.29 is 9.53 Å². The second kappa shape index (κ2) is 10.1. The molecule has 25 heavy (non-hydrogen) atoms. The molecule has 2 aromatic carbocycles. The predicted octanol–water partition coefficient (Wildman–Crippen LogP) is 4.51. The zero-order chi connectivity index (χ0) is 18.1.